The SMILES string of the molecule is O=C1C(=O)N(c2cc(F)ccc2F)C(c2cccs2)/C1=C(/O)c1c[nH]c2ccccc12. The number of hydrogen-bond acceptors (Lipinski definition) is 4. The van der Waals surface area contributed by atoms with Gasteiger partial charge in [-0.25, -0.2) is 8.78 Å². The van der Waals surface area contributed by atoms with Crippen LogP contribution >= 0.6 is 11.3 Å². The number of aromatic nitrogens is 1. The van der Waals surface area contributed by atoms with Gasteiger partial charge in [0.2, 0.25) is 0 Å². The second-order valence-corrected chi connectivity index (χ2v) is 8.01. The van der Waals surface area contributed by atoms with Crippen molar-refractivity contribution in [1.82, 2.24) is 4.98 Å². The van der Waals surface area contributed by atoms with Crippen LogP contribution in [0, 0.1) is 11.6 Å². The monoisotopic (exact) mass is 436 g/mol. The van der Waals surface area contributed by atoms with E-state index in [2.05, 4.69) is 4.98 Å². The third kappa shape index (κ3) is 2.95. The molecular formula is C23H14F2N2O3S. The Bertz CT molecular complexity index is 1370. The van der Waals surface area contributed by atoms with Gasteiger partial charge in [-0.05, 0) is 29.6 Å². The van der Waals surface area contributed by atoms with Gasteiger partial charge in [-0.2, -0.15) is 0 Å². The normalized spacial score (nSPS) is 18.3. The second kappa shape index (κ2) is 7.17. The summed E-state index contributed by atoms with van der Waals surface area (Å²) in [5.74, 6) is -3.99. The van der Waals surface area contributed by atoms with Crippen LogP contribution in [0.4, 0.5) is 14.5 Å². The first-order chi connectivity index (χ1) is 15.0. The average molecular weight is 436 g/mol. The van der Waals surface area contributed by atoms with E-state index in [9.17, 15) is 23.5 Å². The summed E-state index contributed by atoms with van der Waals surface area (Å²) in [6.45, 7) is 0. The highest BCUT2D eigenvalue weighted by Crippen LogP contribution is 2.44. The molecule has 5 nitrogen and oxygen atoms in total. The molecule has 0 saturated carbocycles. The highest BCUT2D eigenvalue weighted by molar-refractivity contribution is 7.10. The van der Waals surface area contributed by atoms with Gasteiger partial charge in [-0.1, -0.05) is 24.3 Å². The Hall–Kier alpha value is -3.78. The van der Waals surface area contributed by atoms with E-state index in [1.807, 2.05) is 12.1 Å². The van der Waals surface area contributed by atoms with Gasteiger partial charge in [-0.3, -0.25) is 14.5 Å². The predicted molar refractivity (Wildman–Crippen MR) is 114 cm³/mol. The Balaban J connectivity index is 1.77. The molecule has 8 heteroatoms. The van der Waals surface area contributed by atoms with Crippen molar-refractivity contribution >= 4 is 45.4 Å². The van der Waals surface area contributed by atoms with Gasteiger partial charge < -0.3 is 10.1 Å². The lowest BCUT2D eigenvalue weighted by Gasteiger charge is -2.24. The van der Waals surface area contributed by atoms with Crippen LogP contribution in [0.15, 0.2) is 71.7 Å². The molecule has 2 aromatic heterocycles. The van der Waals surface area contributed by atoms with Crippen LogP contribution in [0.1, 0.15) is 16.5 Å². The molecule has 4 aromatic rings. The molecule has 3 heterocycles. The largest absolute Gasteiger partial charge is 0.507 e. The first-order valence-electron chi connectivity index (χ1n) is 9.33. The number of Topliss-reactive ketones (excluding diaryl/α,β-unsaturated/α-hetero) is 1. The minimum Gasteiger partial charge on any atom is -0.507 e. The molecule has 1 atom stereocenters. The number of aromatic amines is 1. The number of carbonyl (C=O) groups is 2. The van der Waals surface area contributed by atoms with Gasteiger partial charge in [-0.15, -0.1) is 11.3 Å². The summed E-state index contributed by atoms with van der Waals surface area (Å²) >= 11 is 1.24. The van der Waals surface area contributed by atoms with Crippen molar-refractivity contribution in [2.45, 2.75) is 6.04 Å². The smallest absolute Gasteiger partial charge is 0.300 e. The van der Waals surface area contributed by atoms with Gasteiger partial charge in [0.05, 0.1) is 11.3 Å². The highest BCUT2D eigenvalue weighted by Gasteiger charge is 2.48. The van der Waals surface area contributed by atoms with Crippen LogP contribution in [0.5, 0.6) is 0 Å². The zero-order valence-electron chi connectivity index (χ0n) is 15.8. The maximum Gasteiger partial charge on any atom is 0.300 e. The fourth-order valence-electron chi connectivity index (χ4n) is 3.88. The van der Waals surface area contributed by atoms with Crippen LogP contribution in [0.3, 0.4) is 0 Å². The Morgan fingerprint density at radius 2 is 1.87 bits per heavy atom. The lowest BCUT2D eigenvalue weighted by atomic mass is 9.99. The molecule has 5 rings (SSSR count). The Morgan fingerprint density at radius 3 is 2.65 bits per heavy atom. The number of ketones is 1. The van der Waals surface area contributed by atoms with E-state index in [1.165, 1.54) is 11.3 Å². The number of para-hydroxylation sites is 1. The van der Waals surface area contributed by atoms with Gasteiger partial charge >= 0.3 is 0 Å². The van der Waals surface area contributed by atoms with Crippen molar-refractivity contribution in [1.29, 1.82) is 0 Å². The van der Waals surface area contributed by atoms with Crippen molar-refractivity contribution in [3.63, 3.8) is 0 Å². The molecule has 1 saturated heterocycles. The maximum absolute atomic E-state index is 14.6. The molecule has 1 amide bonds. The zero-order chi connectivity index (χ0) is 21.7. The zero-order valence-corrected chi connectivity index (χ0v) is 16.6. The number of aliphatic hydroxyl groups excluding tert-OH is 1. The van der Waals surface area contributed by atoms with Crippen molar-refractivity contribution in [3.05, 3.63) is 93.8 Å². The van der Waals surface area contributed by atoms with Crippen LogP contribution < -0.4 is 4.90 Å². The van der Waals surface area contributed by atoms with E-state index in [0.29, 0.717) is 15.8 Å². The molecule has 1 aliphatic heterocycles. The lowest BCUT2D eigenvalue weighted by Crippen LogP contribution is -2.30. The number of halogens is 2. The van der Waals surface area contributed by atoms with E-state index in [1.54, 1.807) is 35.8 Å². The van der Waals surface area contributed by atoms with E-state index in [-0.39, 0.29) is 17.0 Å². The number of thiophene rings is 1. The average Bonchev–Trinajstić information content (AvgIpc) is 3.49. The maximum atomic E-state index is 14.6. The fraction of sp³-hybridized carbons (Fsp3) is 0.0435. The van der Waals surface area contributed by atoms with Crippen molar-refractivity contribution in [2.24, 2.45) is 0 Å². The molecule has 1 unspecified atom stereocenters. The quantitative estimate of drug-likeness (QED) is 0.266. The number of aliphatic hydroxyl groups is 1. The number of nitrogens with zero attached hydrogens (tertiary/aromatic N) is 1. The van der Waals surface area contributed by atoms with Crippen LogP contribution in [-0.4, -0.2) is 21.8 Å². The third-order valence-electron chi connectivity index (χ3n) is 5.27. The Kier molecular flexibility index (Phi) is 4.44. The molecule has 0 bridgehead atoms. The molecule has 2 N–H and O–H groups in total. The number of H-pyrrole nitrogens is 1. The van der Waals surface area contributed by atoms with Crippen LogP contribution in [0.25, 0.3) is 16.7 Å². The molecule has 2 aromatic carbocycles. The third-order valence-corrected chi connectivity index (χ3v) is 6.19. The molecule has 1 fully saturated rings. The summed E-state index contributed by atoms with van der Waals surface area (Å²) in [5.41, 5.74) is 0.538. The highest BCUT2D eigenvalue weighted by atomic mass is 32.1. The molecule has 0 radical (unpaired) electrons. The number of amides is 1. The Labute approximate surface area is 178 Å². The standard InChI is InChI=1S/C23H14F2N2O3S/c24-12-7-8-15(25)17(10-12)27-20(18-6-3-9-31-18)19(22(29)23(27)30)21(28)14-11-26-16-5-2-1-4-13(14)16/h1-11,20,26,28H/b21-19-. The number of rotatable bonds is 3. The first-order valence-corrected chi connectivity index (χ1v) is 10.2. The van der Waals surface area contributed by atoms with Crippen molar-refractivity contribution in [2.75, 3.05) is 4.90 Å². The summed E-state index contributed by atoms with van der Waals surface area (Å²) in [5, 5.41) is 13.5. The van der Waals surface area contributed by atoms with Gasteiger partial charge in [0, 0.05) is 33.6 Å². The number of benzene rings is 2. The van der Waals surface area contributed by atoms with E-state index >= 15 is 0 Å². The molecular weight excluding hydrogens is 422 g/mol. The number of hydrogen-bond donors (Lipinski definition) is 2. The van der Waals surface area contributed by atoms with Crippen LogP contribution in [-0.2, 0) is 9.59 Å². The summed E-state index contributed by atoms with van der Waals surface area (Å²) in [6.07, 6.45) is 1.54. The Morgan fingerprint density at radius 1 is 1.06 bits per heavy atom. The van der Waals surface area contributed by atoms with E-state index < -0.39 is 29.4 Å². The number of carbonyl (C=O) groups excluding carboxylic acids is 2. The van der Waals surface area contributed by atoms with Crippen molar-refractivity contribution in [3.8, 4) is 0 Å². The number of nitrogens with one attached hydrogen (secondary N) is 1. The van der Waals surface area contributed by atoms with Gasteiger partial charge in [0.15, 0.2) is 0 Å². The summed E-state index contributed by atoms with van der Waals surface area (Å²) < 4.78 is 28.5. The second-order valence-electron chi connectivity index (χ2n) is 7.03. The van der Waals surface area contributed by atoms with Crippen molar-refractivity contribution < 1.29 is 23.5 Å². The van der Waals surface area contributed by atoms with E-state index in [4.69, 9.17) is 0 Å². The fourth-order valence-corrected chi connectivity index (χ4v) is 4.70. The number of anilines is 1. The summed E-state index contributed by atoms with van der Waals surface area (Å²) in [4.78, 5) is 30.5. The van der Waals surface area contributed by atoms with Crippen LogP contribution in [0.2, 0.25) is 0 Å². The topological polar surface area (TPSA) is 73.4 Å². The van der Waals surface area contributed by atoms with E-state index in [0.717, 1.165) is 28.6 Å². The number of fused-ring (bicyclic) bond motifs is 1. The first kappa shape index (κ1) is 19.2. The molecule has 0 aliphatic carbocycles. The molecule has 0 spiro atoms. The summed E-state index contributed by atoms with van der Waals surface area (Å²) in [6, 6.07) is 12.2. The molecule has 1 aliphatic rings. The summed E-state index contributed by atoms with van der Waals surface area (Å²) in [7, 11) is 0. The predicted octanol–water partition coefficient (Wildman–Crippen LogP) is 5.13. The minimum atomic E-state index is -1.09. The van der Waals surface area contributed by atoms with Gasteiger partial charge in [0.1, 0.15) is 23.4 Å². The molecule has 31 heavy (non-hydrogen) atoms. The lowest BCUT2D eigenvalue weighted by molar-refractivity contribution is -0.132. The molecule has 154 valence electrons. The van der Waals surface area contributed by atoms with Gasteiger partial charge in [0.25, 0.3) is 11.7 Å². The minimum absolute atomic E-state index is 0.180.